The van der Waals surface area contributed by atoms with Gasteiger partial charge in [-0.2, -0.15) is 0 Å². The first-order chi connectivity index (χ1) is 13.8. The summed E-state index contributed by atoms with van der Waals surface area (Å²) in [5.41, 5.74) is 1.56. The lowest BCUT2D eigenvalue weighted by molar-refractivity contribution is 0.600. The highest BCUT2D eigenvalue weighted by Crippen LogP contribution is 2.35. The van der Waals surface area contributed by atoms with Gasteiger partial charge >= 0.3 is 5.69 Å². The highest BCUT2D eigenvalue weighted by Gasteiger charge is 2.17. The monoisotopic (exact) mass is 430 g/mol. The van der Waals surface area contributed by atoms with Crippen molar-refractivity contribution in [2.45, 2.75) is 19.9 Å². The van der Waals surface area contributed by atoms with Crippen LogP contribution in [0.25, 0.3) is 27.8 Å². The smallest absolute Gasteiger partial charge is 0.313 e. The van der Waals surface area contributed by atoms with Crippen LogP contribution in [0, 0.1) is 0 Å². The Morgan fingerprint density at radius 3 is 2.28 bits per heavy atom. The Kier molecular flexibility index (Phi) is 4.72. The van der Waals surface area contributed by atoms with Gasteiger partial charge in [0.2, 0.25) is 0 Å². The molecule has 3 heterocycles. The van der Waals surface area contributed by atoms with Crippen LogP contribution >= 0.6 is 23.2 Å². The number of benzene rings is 1. The molecule has 0 unspecified atom stereocenters. The van der Waals surface area contributed by atoms with Crippen molar-refractivity contribution in [3.63, 3.8) is 0 Å². The van der Waals surface area contributed by atoms with E-state index in [2.05, 4.69) is 9.97 Å². The Balaban J connectivity index is 1.93. The van der Waals surface area contributed by atoms with Crippen molar-refractivity contribution in [3.8, 4) is 16.8 Å². The first-order valence-corrected chi connectivity index (χ1v) is 9.58. The van der Waals surface area contributed by atoms with Crippen molar-refractivity contribution in [3.05, 3.63) is 84.0 Å². The highest BCUT2D eigenvalue weighted by molar-refractivity contribution is 6.38. The van der Waals surface area contributed by atoms with Crippen LogP contribution in [0.4, 0.5) is 0 Å². The molecule has 148 valence electrons. The average Bonchev–Trinajstić information content (AvgIpc) is 3.04. The van der Waals surface area contributed by atoms with Gasteiger partial charge in [0.1, 0.15) is 0 Å². The van der Waals surface area contributed by atoms with Crippen LogP contribution in [0.15, 0.2) is 57.1 Å². The second-order valence-electron chi connectivity index (χ2n) is 6.87. The zero-order valence-electron chi connectivity index (χ0n) is 15.5. The number of rotatable bonds is 3. The molecule has 0 spiro atoms. The molecule has 7 nitrogen and oxygen atoms in total. The second-order valence-corrected chi connectivity index (χ2v) is 7.68. The predicted octanol–water partition coefficient (Wildman–Crippen LogP) is 3.72. The minimum absolute atomic E-state index is 0.0117. The summed E-state index contributed by atoms with van der Waals surface area (Å²) in [5, 5.41) is 0.635. The predicted molar refractivity (Wildman–Crippen MR) is 115 cm³/mol. The summed E-state index contributed by atoms with van der Waals surface area (Å²) >= 11 is 13.1. The van der Waals surface area contributed by atoms with Gasteiger partial charge in [-0.05, 0) is 43.7 Å². The van der Waals surface area contributed by atoms with Crippen LogP contribution < -0.4 is 16.8 Å². The maximum Gasteiger partial charge on any atom is 0.325 e. The fourth-order valence-corrected chi connectivity index (χ4v) is 4.13. The molecule has 0 bridgehead atoms. The summed E-state index contributed by atoms with van der Waals surface area (Å²) in [6, 6.07) is 8.27. The van der Waals surface area contributed by atoms with Gasteiger partial charge in [-0.3, -0.25) is 14.6 Å². The third-order valence-electron chi connectivity index (χ3n) is 4.69. The Labute approximate surface area is 174 Å². The molecule has 1 aromatic carbocycles. The molecule has 29 heavy (non-hydrogen) atoms. The van der Waals surface area contributed by atoms with Crippen LogP contribution in [0.1, 0.15) is 19.9 Å². The van der Waals surface area contributed by atoms with E-state index in [0.29, 0.717) is 21.3 Å². The molecule has 0 fully saturated rings. The molecule has 2 N–H and O–H groups in total. The van der Waals surface area contributed by atoms with Crippen molar-refractivity contribution >= 4 is 34.2 Å². The quantitative estimate of drug-likeness (QED) is 0.518. The van der Waals surface area contributed by atoms with Crippen molar-refractivity contribution in [2.75, 3.05) is 0 Å². The second kappa shape index (κ2) is 7.09. The molecule has 4 rings (SSSR count). The van der Waals surface area contributed by atoms with E-state index in [9.17, 15) is 14.4 Å². The third-order valence-corrected chi connectivity index (χ3v) is 5.26. The molecule has 0 aliphatic heterocycles. The molecule has 0 aliphatic rings. The Hall–Kier alpha value is -3.03. The highest BCUT2D eigenvalue weighted by atomic mass is 35.5. The van der Waals surface area contributed by atoms with E-state index < -0.39 is 11.2 Å². The number of nitrogens with zero attached hydrogens (tertiary/aromatic N) is 2. The SMILES string of the molecule is CC(C)n1c(=O)ccc2c1ccn2-c1c(Cl)cc(-c2c[nH]c(=O)[nH]c2=O)cc1Cl. The summed E-state index contributed by atoms with van der Waals surface area (Å²) in [5.74, 6) is 0. The number of aromatic nitrogens is 4. The van der Waals surface area contributed by atoms with Gasteiger partial charge in [-0.25, -0.2) is 4.79 Å². The number of aromatic amines is 2. The van der Waals surface area contributed by atoms with Gasteiger partial charge in [0.15, 0.2) is 0 Å². The molecule has 4 aromatic rings. The van der Waals surface area contributed by atoms with Crippen molar-refractivity contribution in [1.82, 2.24) is 19.1 Å². The number of fused-ring (bicyclic) bond motifs is 1. The van der Waals surface area contributed by atoms with Crippen LogP contribution in [-0.2, 0) is 0 Å². The Bertz CT molecular complexity index is 1400. The average molecular weight is 431 g/mol. The van der Waals surface area contributed by atoms with Crippen LogP contribution in [-0.4, -0.2) is 19.1 Å². The Morgan fingerprint density at radius 1 is 0.966 bits per heavy atom. The van der Waals surface area contributed by atoms with Crippen molar-refractivity contribution in [2.24, 2.45) is 0 Å². The van der Waals surface area contributed by atoms with E-state index in [4.69, 9.17) is 23.2 Å². The first kappa shape index (κ1) is 19.3. The van der Waals surface area contributed by atoms with Gasteiger partial charge in [0.25, 0.3) is 11.1 Å². The zero-order chi connectivity index (χ0) is 20.9. The minimum Gasteiger partial charge on any atom is -0.313 e. The summed E-state index contributed by atoms with van der Waals surface area (Å²) in [6.07, 6.45) is 3.11. The van der Waals surface area contributed by atoms with Gasteiger partial charge in [-0.1, -0.05) is 23.2 Å². The number of nitrogens with one attached hydrogen (secondary N) is 2. The molecule has 0 amide bonds. The molecular weight excluding hydrogens is 415 g/mol. The first-order valence-electron chi connectivity index (χ1n) is 8.82. The number of halogens is 2. The van der Waals surface area contributed by atoms with Gasteiger partial charge in [-0.15, -0.1) is 0 Å². The molecule has 0 aliphatic carbocycles. The molecule has 0 saturated heterocycles. The van der Waals surface area contributed by atoms with E-state index >= 15 is 0 Å². The third kappa shape index (κ3) is 3.22. The van der Waals surface area contributed by atoms with Gasteiger partial charge < -0.3 is 14.1 Å². The van der Waals surface area contributed by atoms with E-state index in [-0.39, 0.29) is 17.2 Å². The largest absolute Gasteiger partial charge is 0.325 e. The number of hydrogen-bond acceptors (Lipinski definition) is 3. The lowest BCUT2D eigenvalue weighted by atomic mass is 10.1. The molecule has 0 radical (unpaired) electrons. The zero-order valence-corrected chi connectivity index (χ0v) is 17.0. The number of H-pyrrole nitrogens is 2. The molecule has 9 heteroatoms. The van der Waals surface area contributed by atoms with E-state index in [0.717, 1.165) is 11.0 Å². The molecule has 3 aromatic heterocycles. The minimum atomic E-state index is -0.595. The summed E-state index contributed by atoms with van der Waals surface area (Å²) < 4.78 is 3.50. The topological polar surface area (TPSA) is 92.7 Å². The van der Waals surface area contributed by atoms with E-state index in [1.54, 1.807) is 33.5 Å². The standard InChI is InChI=1S/C20H16Cl2N4O3/c1-10(2)26-16-5-6-25(15(16)3-4-17(26)27)18-13(21)7-11(8-14(18)22)12-9-23-20(29)24-19(12)28/h3-10H,1-2H3,(H2,23,24,28,29). The van der Waals surface area contributed by atoms with Crippen LogP contribution in [0.2, 0.25) is 10.0 Å². The van der Waals surface area contributed by atoms with Gasteiger partial charge in [0, 0.05) is 24.5 Å². The lowest BCUT2D eigenvalue weighted by Gasteiger charge is -2.14. The van der Waals surface area contributed by atoms with Crippen molar-refractivity contribution < 1.29 is 0 Å². The fourth-order valence-electron chi connectivity index (χ4n) is 3.46. The maximum absolute atomic E-state index is 12.3. The fraction of sp³-hybridized carbons (Fsp3) is 0.150. The molecule has 0 saturated carbocycles. The normalized spacial score (nSPS) is 11.5. The van der Waals surface area contributed by atoms with Crippen molar-refractivity contribution in [1.29, 1.82) is 0 Å². The summed E-state index contributed by atoms with van der Waals surface area (Å²) in [7, 11) is 0. The maximum atomic E-state index is 12.3. The van der Waals surface area contributed by atoms with Crippen LogP contribution in [0.3, 0.4) is 0 Å². The number of hydrogen-bond donors (Lipinski definition) is 2. The Morgan fingerprint density at radius 2 is 1.66 bits per heavy atom. The molecular formula is C20H16Cl2N4O3. The van der Waals surface area contributed by atoms with Gasteiger partial charge in [0.05, 0.1) is 32.3 Å². The lowest BCUT2D eigenvalue weighted by Crippen LogP contribution is -2.22. The van der Waals surface area contributed by atoms with Crippen LogP contribution in [0.5, 0.6) is 0 Å². The summed E-state index contributed by atoms with van der Waals surface area (Å²) in [6.45, 7) is 3.88. The van der Waals surface area contributed by atoms with E-state index in [1.165, 1.54) is 12.3 Å². The van der Waals surface area contributed by atoms with E-state index in [1.807, 2.05) is 19.9 Å². The summed E-state index contributed by atoms with van der Waals surface area (Å²) in [4.78, 5) is 40.2. The number of pyridine rings is 1. The molecule has 0 atom stereocenters.